The maximum atomic E-state index is 12.8. The van der Waals surface area contributed by atoms with Gasteiger partial charge in [0.2, 0.25) is 11.9 Å². The van der Waals surface area contributed by atoms with Crippen molar-refractivity contribution in [1.29, 1.82) is 0 Å². The Labute approximate surface area is 231 Å². The highest BCUT2D eigenvalue weighted by molar-refractivity contribution is 5.93. The molecule has 1 saturated carbocycles. The van der Waals surface area contributed by atoms with Crippen LogP contribution in [0.15, 0.2) is 30.6 Å². The van der Waals surface area contributed by atoms with Gasteiger partial charge in [0.25, 0.3) is 0 Å². The van der Waals surface area contributed by atoms with Crippen molar-refractivity contribution in [1.82, 2.24) is 25.2 Å². The molecule has 4 aliphatic heterocycles. The fraction of sp³-hybridized carbons (Fsp3) is 0.600. The Morgan fingerprint density at radius 2 is 1.72 bits per heavy atom. The minimum absolute atomic E-state index is 0.0541. The van der Waals surface area contributed by atoms with Crippen molar-refractivity contribution in [2.75, 3.05) is 47.8 Å². The molecular weight excluding hydrogens is 488 g/mol. The summed E-state index contributed by atoms with van der Waals surface area (Å²) in [7, 11) is 0. The number of aromatic nitrogens is 3. The molecule has 1 aliphatic carbocycles. The van der Waals surface area contributed by atoms with Crippen molar-refractivity contribution < 1.29 is 4.79 Å². The van der Waals surface area contributed by atoms with E-state index in [0.717, 1.165) is 49.2 Å². The van der Waals surface area contributed by atoms with Crippen LogP contribution in [0, 0.1) is 0 Å². The van der Waals surface area contributed by atoms with Gasteiger partial charge in [-0.25, -0.2) is 9.97 Å². The van der Waals surface area contributed by atoms with E-state index in [-0.39, 0.29) is 17.5 Å². The molecule has 1 amide bonds. The molecule has 0 aromatic carbocycles. The smallest absolute Gasteiger partial charge is 0.246 e. The van der Waals surface area contributed by atoms with Crippen LogP contribution in [0.1, 0.15) is 69.8 Å². The molecule has 2 aromatic heterocycles. The minimum atomic E-state index is -0.316. The number of piperidine rings is 2. The van der Waals surface area contributed by atoms with E-state index < -0.39 is 0 Å². The number of carbonyl (C=O) groups excluding carboxylic acids is 1. The van der Waals surface area contributed by atoms with Gasteiger partial charge in [-0.3, -0.25) is 4.79 Å². The molecule has 2 N–H and O–H groups in total. The van der Waals surface area contributed by atoms with Gasteiger partial charge in [-0.05, 0) is 63.7 Å². The molecule has 1 spiro atoms. The third kappa shape index (κ3) is 4.75. The molecule has 1 atom stereocenters. The second-order valence-corrected chi connectivity index (χ2v) is 12.0. The van der Waals surface area contributed by atoms with Crippen LogP contribution < -0.4 is 20.4 Å². The molecule has 6 heterocycles. The van der Waals surface area contributed by atoms with Crippen LogP contribution >= 0.6 is 0 Å². The number of fused-ring (bicyclic) bond motifs is 4. The number of nitrogens with one attached hydrogen (secondary N) is 2. The normalized spacial score (nSPS) is 25.2. The SMILES string of the molecule is O=C1NCC2(CCCCC2)N2c3nc(Nc4ccc(N5CCC(N6CCCCC6)CC5)cn4)ncc3C=CC12. The topological polar surface area (TPSA) is 89.5 Å². The number of carbonyl (C=O) groups is 1. The fourth-order valence-corrected chi connectivity index (χ4v) is 7.49. The Morgan fingerprint density at radius 1 is 0.923 bits per heavy atom. The maximum Gasteiger partial charge on any atom is 0.246 e. The van der Waals surface area contributed by atoms with Gasteiger partial charge in [-0.2, -0.15) is 4.98 Å². The van der Waals surface area contributed by atoms with E-state index in [1.54, 1.807) is 0 Å². The number of amides is 1. The van der Waals surface area contributed by atoms with E-state index in [1.165, 1.54) is 70.1 Å². The van der Waals surface area contributed by atoms with Gasteiger partial charge in [0.05, 0.1) is 17.4 Å². The van der Waals surface area contributed by atoms with E-state index in [9.17, 15) is 4.79 Å². The lowest BCUT2D eigenvalue weighted by atomic mass is 9.77. The van der Waals surface area contributed by atoms with Crippen molar-refractivity contribution in [2.45, 2.75) is 81.8 Å². The number of rotatable bonds is 4. The fourth-order valence-electron chi connectivity index (χ4n) is 7.49. The molecule has 1 unspecified atom stereocenters. The Bertz CT molecular complexity index is 1210. The molecule has 7 rings (SSSR count). The number of piperazine rings is 1. The highest BCUT2D eigenvalue weighted by atomic mass is 16.2. The minimum Gasteiger partial charge on any atom is -0.370 e. The number of anilines is 4. The second-order valence-electron chi connectivity index (χ2n) is 12.0. The summed E-state index contributed by atoms with van der Waals surface area (Å²) >= 11 is 0. The molecule has 0 radical (unpaired) electrons. The Morgan fingerprint density at radius 3 is 2.49 bits per heavy atom. The predicted octanol–water partition coefficient (Wildman–Crippen LogP) is 4.10. The summed E-state index contributed by atoms with van der Waals surface area (Å²) in [5.74, 6) is 2.15. The predicted molar refractivity (Wildman–Crippen MR) is 154 cm³/mol. The first-order chi connectivity index (χ1) is 19.2. The molecule has 9 nitrogen and oxygen atoms in total. The van der Waals surface area contributed by atoms with Crippen LogP contribution in [0.5, 0.6) is 0 Å². The zero-order valence-corrected chi connectivity index (χ0v) is 22.8. The van der Waals surface area contributed by atoms with Crippen LogP contribution in [0.3, 0.4) is 0 Å². The van der Waals surface area contributed by atoms with Gasteiger partial charge in [0, 0.05) is 37.4 Å². The van der Waals surface area contributed by atoms with Gasteiger partial charge < -0.3 is 25.3 Å². The lowest BCUT2D eigenvalue weighted by Crippen LogP contribution is -2.69. The average Bonchev–Trinajstić information content (AvgIpc) is 3.00. The van der Waals surface area contributed by atoms with Crippen LogP contribution in [0.4, 0.5) is 23.3 Å². The van der Waals surface area contributed by atoms with Gasteiger partial charge >= 0.3 is 0 Å². The molecule has 9 heteroatoms. The Kier molecular flexibility index (Phi) is 6.62. The largest absolute Gasteiger partial charge is 0.370 e. The van der Waals surface area contributed by atoms with Crippen LogP contribution in [0.25, 0.3) is 6.08 Å². The lowest BCUT2D eigenvalue weighted by molar-refractivity contribution is -0.123. The third-order valence-corrected chi connectivity index (χ3v) is 9.64. The lowest BCUT2D eigenvalue weighted by Gasteiger charge is -2.54. The van der Waals surface area contributed by atoms with Crippen LogP contribution in [-0.2, 0) is 4.79 Å². The second kappa shape index (κ2) is 10.4. The van der Waals surface area contributed by atoms with E-state index in [0.29, 0.717) is 12.5 Å². The summed E-state index contributed by atoms with van der Waals surface area (Å²) < 4.78 is 0. The Hall–Kier alpha value is -3.20. The molecule has 39 heavy (non-hydrogen) atoms. The Balaban J connectivity index is 1.05. The van der Waals surface area contributed by atoms with Crippen LogP contribution in [0.2, 0.25) is 0 Å². The summed E-state index contributed by atoms with van der Waals surface area (Å²) in [5, 5.41) is 6.49. The van der Waals surface area contributed by atoms with Crippen molar-refractivity contribution in [3.05, 3.63) is 36.2 Å². The van der Waals surface area contributed by atoms with E-state index in [1.807, 2.05) is 30.6 Å². The molecule has 0 bridgehead atoms. The standard InChI is InChI=1S/C30H40N8O/c39-28-25-9-7-22-19-32-29(35-27(22)38(25)30(21-33-28)13-3-1-4-14-30)34-26-10-8-24(20-31-26)37-17-11-23(12-18-37)36-15-5-2-6-16-36/h7-10,19-20,23,25H,1-6,11-18,21H2,(H,33,39)(H,31,32,34,35). The molecule has 2 aromatic rings. The molecule has 206 valence electrons. The van der Waals surface area contributed by atoms with Crippen LogP contribution in [-0.4, -0.2) is 76.1 Å². The quantitative estimate of drug-likeness (QED) is 0.613. The zero-order valence-electron chi connectivity index (χ0n) is 22.8. The zero-order chi connectivity index (χ0) is 26.2. The van der Waals surface area contributed by atoms with Gasteiger partial charge in [-0.1, -0.05) is 37.8 Å². The highest BCUT2D eigenvalue weighted by Crippen LogP contribution is 2.43. The summed E-state index contributed by atoms with van der Waals surface area (Å²) in [5.41, 5.74) is 2.06. The van der Waals surface area contributed by atoms with Crippen molar-refractivity contribution in [3.63, 3.8) is 0 Å². The summed E-state index contributed by atoms with van der Waals surface area (Å²) in [6.07, 6.45) is 20.2. The first kappa shape index (κ1) is 24.8. The molecule has 3 saturated heterocycles. The summed E-state index contributed by atoms with van der Waals surface area (Å²) in [6.45, 7) is 5.41. The number of hydrogen-bond acceptors (Lipinski definition) is 8. The average molecular weight is 529 g/mol. The van der Waals surface area contributed by atoms with Crippen molar-refractivity contribution in [2.24, 2.45) is 0 Å². The van der Waals surface area contributed by atoms with Crippen molar-refractivity contribution >= 4 is 35.3 Å². The highest BCUT2D eigenvalue weighted by Gasteiger charge is 2.49. The first-order valence-corrected chi connectivity index (χ1v) is 15.0. The third-order valence-electron chi connectivity index (χ3n) is 9.64. The van der Waals surface area contributed by atoms with Gasteiger partial charge in [0.1, 0.15) is 17.7 Å². The van der Waals surface area contributed by atoms with E-state index in [2.05, 4.69) is 36.4 Å². The van der Waals surface area contributed by atoms with E-state index in [4.69, 9.17) is 9.97 Å². The number of nitrogens with zero attached hydrogens (tertiary/aromatic N) is 6. The first-order valence-electron chi connectivity index (χ1n) is 15.0. The van der Waals surface area contributed by atoms with Crippen molar-refractivity contribution in [3.8, 4) is 0 Å². The number of likely N-dealkylation sites (tertiary alicyclic amines) is 1. The molecule has 4 fully saturated rings. The number of pyridine rings is 1. The summed E-state index contributed by atoms with van der Waals surface area (Å²) in [4.78, 5) is 34.5. The number of hydrogen-bond donors (Lipinski definition) is 2. The van der Waals surface area contributed by atoms with E-state index >= 15 is 0 Å². The maximum absolute atomic E-state index is 12.8. The monoisotopic (exact) mass is 528 g/mol. The van der Waals surface area contributed by atoms with Gasteiger partial charge in [0.15, 0.2) is 0 Å². The molecular formula is C30H40N8O. The summed E-state index contributed by atoms with van der Waals surface area (Å²) in [6, 6.07) is 4.60. The molecule has 5 aliphatic rings. The van der Waals surface area contributed by atoms with Gasteiger partial charge in [-0.15, -0.1) is 0 Å².